The summed E-state index contributed by atoms with van der Waals surface area (Å²) in [5.74, 6) is 0.531. The minimum absolute atomic E-state index is 0.508. The zero-order valence-corrected chi connectivity index (χ0v) is 11.3. The fourth-order valence-corrected chi connectivity index (χ4v) is 2.44. The van der Waals surface area contributed by atoms with Crippen molar-refractivity contribution in [2.24, 2.45) is 0 Å². The van der Waals surface area contributed by atoms with Gasteiger partial charge in [-0.1, -0.05) is 47.1 Å². The Balaban J connectivity index is 2.32. The van der Waals surface area contributed by atoms with Gasteiger partial charge in [0.05, 0.1) is 16.2 Å². The van der Waals surface area contributed by atoms with Gasteiger partial charge in [0, 0.05) is 11.9 Å². The number of rotatable bonds is 3. The van der Waals surface area contributed by atoms with Gasteiger partial charge in [0.2, 0.25) is 5.95 Å². The molecule has 0 radical (unpaired) electrons. The zero-order chi connectivity index (χ0) is 12.3. The van der Waals surface area contributed by atoms with E-state index in [1.807, 2.05) is 24.3 Å². The molecule has 1 aromatic carbocycles. The molecular formula is C11H9Cl2N3S. The van der Waals surface area contributed by atoms with E-state index in [2.05, 4.69) is 15.3 Å². The van der Waals surface area contributed by atoms with E-state index < -0.39 is 0 Å². The minimum atomic E-state index is 0.508. The van der Waals surface area contributed by atoms with Crippen LogP contribution in [0.5, 0.6) is 0 Å². The lowest BCUT2D eigenvalue weighted by atomic mass is 10.4. The summed E-state index contributed by atoms with van der Waals surface area (Å²) in [6.07, 6.45) is 1.57. The average Bonchev–Trinajstić information content (AvgIpc) is 2.35. The molecule has 3 nitrogen and oxygen atoms in total. The highest BCUT2D eigenvalue weighted by Crippen LogP contribution is 2.35. The van der Waals surface area contributed by atoms with Gasteiger partial charge in [-0.05, 0) is 12.1 Å². The third-order valence-electron chi connectivity index (χ3n) is 1.98. The fraction of sp³-hybridized carbons (Fsp3) is 0.0909. The van der Waals surface area contributed by atoms with E-state index in [1.54, 1.807) is 13.2 Å². The zero-order valence-electron chi connectivity index (χ0n) is 8.95. The van der Waals surface area contributed by atoms with Crippen molar-refractivity contribution in [2.75, 3.05) is 12.4 Å². The molecule has 0 saturated heterocycles. The average molecular weight is 286 g/mol. The standard InChI is InChI=1S/C11H9Cl2N3S/c1-14-11-15-6-8(13)10(16-11)17-9-5-3-2-4-7(9)12/h2-6H,1H3,(H,14,15,16). The molecule has 1 aromatic heterocycles. The Morgan fingerprint density at radius 3 is 2.65 bits per heavy atom. The fourth-order valence-electron chi connectivity index (χ4n) is 1.18. The van der Waals surface area contributed by atoms with Crippen molar-refractivity contribution in [1.29, 1.82) is 0 Å². The molecule has 0 spiro atoms. The van der Waals surface area contributed by atoms with Crippen LogP contribution in [0.25, 0.3) is 0 Å². The maximum Gasteiger partial charge on any atom is 0.223 e. The molecule has 0 aliphatic rings. The molecule has 17 heavy (non-hydrogen) atoms. The van der Waals surface area contributed by atoms with E-state index in [-0.39, 0.29) is 0 Å². The predicted octanol–water partition coefficient (Wildman–Crippen LogP) is 3.98. The second-order valence-electron chi connectivity index (χ2n) is 3.13. The number of anilines is 1. The van der Waals surface area contributed by atoms with Crippen LogP contribution in [0.3, 0.4) is 0 Å². The topological polar surface area (TPSA) is 37.8 Å². The highest BCUT2D eigenvalue weighted by molar-refractivity contribution is 7.99. The second kappa shape index (κ2) is 5.58. The molecule has 0 unspecified atom stereocenters. The summed E-state index contributed by atoms with van der Waals surface area (Å²) in [7, 11) is 1.76. The summed E-state index contributed by atoms with van der Waals surface area (Å²) in [4.78, 5) is 9.21. The van der Waals surface area contributed by atoms with E-state index >= 15 is 0 Å². The molecule has 6 heteroatoms. The maximum atomic E-state index is 6.08. The molecule has 0 amide bonds. The third kappa shape index (κ3) is 3.03. The summed E-state index contributed by atoms with van der Waals surface area (Å²) in [5.41, 5.74) is 0. The van der Waals surface area contributed by atoms with Gasteiger partial charge < -0.3 is 5.32 Å². The Labute approximate surface area is 114 Å². The van der Waals surface area contributed by atoms with Gasteiger partial charge in [0.1, 0.15) is 5.03 Å². The van der Waals surface area contributed by atoms with Gasteiger partial charge in [-0.3, -0.25) is 0 Å². The first-order chi connectivity index (χ1) is 8.20. The molecule has 2 rings (SSSR count). The highest BCUT2D eigenvalue weighted by Gasteiger charge is 2.08. The predicted molar refractivity (Wildman–Crippen MR) is 72.2 cm³/mol. The monoisotopic (exact) mass is 285 g/mol. The van der Waals surface area contributed by atoms with Gasteiger partial charge in [-0.2, -0.15) is 0 Å². The maximum absolute atomic E-state index is 6.08. The van der Waals surface area contributed by atoms with Crippen molar-refractivity contribution in [3.63, 3.8) is 0 Å². The first-order valence-electron chi connectivity index (χ1n) is 4.83. The van der Waals surface area contributed by atoms with Crippen molar-refractivity contribution < 1.29 is 0 Å². The number of hydrogen-bond donors (Lipinski definition) is 1. The van der Waals surface area contributed by atoms with Gasteiger partial charge >= 0.3 is 0 Å². The number of nitrogens with zero attached hydrogens (tertiary/aromatic N) is 2. The number of benzene rings is 1. The Morgan fingerprint density at radius 2 is 1.94 bits per heavy atom. The molecule has 0 saturated carbocycles. The highest BCUT2D eigenvalue weighted by atomic mass is 35.5. The number of aromatic nitrogens is 2. The van der Waals surface area contributed by atoms with E-state index in [1.165, 1.54) is 11.8 Å². The van der Waals surface area contributed by atoms with Crippen LogP contribution in [-0.2, 0) is 0 Å². The number of halogens is 2. The first-order valence-corrected chi connectivity index (χ1v) is 6.40. The van der Waals surface area contributed by atoms with Crippen LogP contribution < -0.4 is 5.32 Å². The lowest BCUT2D eigenvalue weighted by Crippen LogP contribution is -1.96. The number of nitrogens with one attached hydrogen (secondary N) is 1. The summed E-state index contributed by atoms with van der Waals surface area (Å²) in [5, 5.41) is 4.73. The van der Waals surface area contributed by atoms with E-state index in [0.29, 0.717) is 21.0 Å². The lowest BCUT2D eigenvalue weighted by Gasteiger charge is -2.06. The second-order valence-corrected chi connectivity index (χ2v) is 4.97. The molecule has 2 aromatic rings. The molecule has 0 atom stereocenters. The van der Waals surface area contributed by atoms with Gasteiger partial charge in [0.15, 0.2) is 0 Å². The minimum Gasteiger partial charge on any atom is -0.357 e. The Bertz CT molecular complexity index is 534. The van der Waals surface area contributed by atoms with Crippen LogP contribution in [0.4, 0.5) is 5.95 Å². The summed E-state index contributed by atoms with van der Waals surface area (Å²) in [6.45, 7) is 0. The molecule has 0 aliphatic heterocycles. The van der Waals surface area contributed by atoms with Crippen molar-refractivity contribution >= 4 is 40.9 Å². The summed E-state index contributed by atoms with van der Waals surface area (Å²) >= 11 is 13.5. The molecule has 1 N–H and O–H groups in total. The first kappa shape index (κ1) is 12.5. The van der Waals surface area contributed by atoms with Crippen LogP contribution >= 0.6 is 35.0 Å². The van der Waals surface area contributed by atoms with Crippen molar-refractivity contribution in [1.82, 2.24) is 9.97 Å². The SMILES string of the molecule is CNc1ncc(Cl)c(Sc2ccccc2Cl)n1. The molecule has 88 valence electrons. The smallest absolute Gasteiger partial charge is 0.223 e. The van der Waals surface area contributed by atoms with Crippen molar-refractivity contribution in [2.45, 2.75) is 9.92 Å². The van der Waals surface area contributed by atoms with Crippen molar-refractivity contribution in [3.8, 4) is 0 Å². The van der Waals surface area contributed by atoms with E-state index in [4.69, 9.17) is 23.2 Å². The molecule has 0 bridgehead atoms. The number of hydrogen-bond acceptors (Lipinski definition) is 4. The van der Waals surface area contributed by atoms with Crippen molar-refractivity contribution in [3.05, 3.63) is 40.5 Å². The quantitative estimate of drug-likeness (QED) is 0.866. The normalized spacial score (nSPS) is 10.3. The molecule has 1 heterocycles. The molecule has 0 fully saturated rings. The van der Waals surface area contributed by atoms with Gasteiger partial charge in [-0.15, -0.1) is 0 Å². The van der Waals surface area contributed by atoms with E-state index in [9.17, 15) is 0 Å². The van der Waals surface area contributed by atoms with Gasteiger partial charge in [-0.25, -0.2) is 9.97 Å². The van der Waals surface area contributed by atoms with Crippen LogP contribution in [0.2, 0.25) is 10.0 Å². The largest absolute Gasteiger partial charge is 0.357 e. The van der Waals surface area contributed by atoms with Gasteiger partial charge in [0.25, 0.3) is 0 Å². The molecule has 0 aliphatic carbocycles. The molecular weight excluding hydrogens is 277 g/mol. The van der Waals surface area contributed by atoms with Crippen LogP contribution in [-0.4, -0.2) is 17.0 Å². The lowest BCUT2D eigenvalue weighted by molar-refractivity contribution is 1.05. The van der Waals surface area contributed by atoms with Crippen LogP contribution in [0.15, 0.2) is 40.4 Å². The third-order valence-corrected chi connectivity index (χ3v) is 3.89. The van der Waals surface area contributed by atoms with Crippen LogP contribution in [0.1, 0.15) is 0 Å². The Hall–Kier alpha value is -0.970. The summed E-state index contributed by atoms with van der Waals surface area (Å²) in [6, 6.07) is 7.55. The Morgan fingerprint density at radius 1 is 1.18 bits per heavy atom. The summed E-state index contributed by atoms with van der Waals surface area (Å²) < 4.78 is 0. The van der Waals surface area contributed by atoms with E-state index in [0.717, 1.165) is 4.90 Å². The Kier molecular flexibility index (Phi) is 4.10. The van der Waals surface area contributed by atoms with Crippen LogP contribution in [0, 0.1) is 0 Å².